The Kier molecular flexibility index (Phi) is 7.14. The Morgan fingerprint density at radius 1 is 1.25 bits per heavy atom. The van der Waals surface area contributed by atoms with Crippen LogP contribution in [0.3, 0.4) is 0 Å². The van der Waals surface area contributed by atoms with Gasteiger partial charge in [-0.25, -0.2) is 4.79 Å². The molecule has 3 rings (SSSR count). The molecular formula is C19H30N2O7. The van der Waals surface area contributed by atoms with Gasteiger partial charge in [-0.3, -0.25) is 4.68 Å². The number of aliphatic hydroxyl groups is 1. The van der Waals surface area contributed by atoms with E-state index in [9.17, 15) is 9.90 Å². The second-order valence-corrected chi connectivity index (χ2v) is 7.23. The first kappa shape index (κ1) is 20.9. The van der Waals surface area contributed by atoms with Crippen molar-refractivity contribution in [3.63, 3.8) is 0 Å². The SMILES string of the molecule is CCOC(=O)OCC1CC(O)CC(Oc2nn(C3CCOCC3)c(C)c2C)O1. The van der Waals surface area contributed by atoms with Crippen LogP contribution < -0.4 is 4.74 Å². The van der Waals surface area contributed by atoms with E-state index in [1.54, 1.807) is 6.92 Å². The molecule has 3 unspecified atom stereocenters. The lowest BCUT2D eigenvalue weighted by molar-refractivity contribution is -0.187. The van der Waals surface area contributed by atoms with Crippen LogP contribution in [0.15, 0.2) is 0 Å². The third kappa shape index (κ3) is 5.15. The standard InChI is InChI=1S/C19H30N2O7/c1-4-25-19(23)26-11-16-9-15(22)10-17(27-16)28-18-12(2)13(3)21(20-18)14-5-7-24-8-6-14/h14-17,22H,4-11H2,1-3H3. The highest BCUT2D eigenvalue weighted by atomic mass is 16.7. The molecule has 0 radical (unpaired) electrons. The largest absolute Gasteiger partial charge is 0.508 e. The number of ether oxygens (including phenoxy) is 5. The van der Waals surface area contributed by atoms with Gasteiger partial charge in [0.1, 0.15) is 6.61 Å². The van der Waals surface area contributed by atoms with Crippen LogP contribution in [0.2, 0.25) is 0 Å². The summed E-state index contributed by atoms with van der Waals surface area (Å²) in [5.41, 5.74) is 2.01. The summed E-state index contributed by atoms with van der Waals surface area (Å²) in [5.74, 6) is 0.508. The summed E-state index contributed by atoms with van der Waals surface area (Å²) in [5, 5.41) is 14.8. The Balaban J connectivity index is 1.61. The third-order valence-electron chi connectivity index (χ3n) is 5.18. The minimum absolute atomic E-state index is 0.00424. The van der Waals surface area contributed by atoms with E-state index in [2.05, 4.69) is 5.10 Å². The summed E-state index contributed by atoms with van der Waals surface area (Å²) in [4.78, 5) is 11.4. The number of carbonyl (C=O) groups is 1. The monoisotopic (exact) mass is 398 g/mol. The summed E-state index contributed by atoms with van der Waals surface area (Å²) >= 11 is 0. The van der Waals surface area contributed by atoms with Crippen molar-refractivity contribution >= 4 is 6.16 Å². The Hall–Kier alpha value is -1.84. The van der Waals surface area contributed by atoms with Crippen LogP contribution in [0, 0.1) is 13.8 Å². The fourth-order valence-corrected chi connectivity index (χ4v) is 3.55. The van der Waals surface area contributed by atoms with E-state index in [-0.39, 0.29) is 13.2 Å². The predicted molar refractivity (Wildman–Crippen MR) is 98.3 cm³/mol. The molecule has 2 saturated heterocycles. The number of hydrogen-bond donors (Lipinski definition) is 1. The van der Waals surface area contributed by atoms with E-state index < -0.39 is 24.7 Å². The first-order valence-corrected chi connectivity index (χ1v) is 9.91. The summed E-state index contributed by atoms with van der Waals surface area (Å²) in [7, 11) is 0. The minimum Gasteiger partial charge on any atom is -0.446 e. The van der Waals surface area contributed by atoms with Crippen LogP contribution >= 0.6 is 0 Å². The zero-order valence-corrected chi connectivity index (χ0v) is 16.8. The van der Waals surface area contributed by atoms with Crippen LogP contribution in [0.25, 0.3) is 0 Å². The highest BCUT2D eigenvalue weighted by molar-refractivity contribution is 5.59. The fourth-order valence-electron chi connectivity index (χ4n) is 3.55. The Morgan fingerprint density at radius 2 is 2.00 bits per heavy atom. The number of hydrogen-bond acceptors (Lipinski definition) is 8. The molecule has 0 bridgehead atoms. The highest BCUT2D eigenvalue weighted by Gasteiger charge is 2.32. The number of aromatic nitrogens is 2. The highest BCUT2D eigenvalue weighted by Crippen LogP contribution is 2.30. The van der Waals surface area contributed by atoms with Gasteiger partial charge in [0.15, 0.2) is 0 Å². The maximum absolute atomic E-state index is 11.4. The van der Waals surface area contributed by atoms with Gasteiger partial charge in [0, 0.05) is 37.3 Å². The van der Waals surface area contributed by atoms with Crippen LogP contribution in [0.4, 0.5) is 4.79 Å². The van der Waals surface area contributed by atoms with Crippen molar-refractivity contribution in [3.05, 3.63) is 11.3 Å². The van der Waals surface area contributed by atoms with Crippen molar-refractivity contribution in [2.75, 3.05) is 26.4 Å². The molecule has 2 aliphatic heterocycles. The summed E-state index contributed by atoms with van der Waals surface area (Å²) in [6, 6.07) is 0.299. The molecule has 0 amide bonds. The average molecular weight is 398 g/mol. The summed E-state index contributed by atoms with van der Waals surface area (Å²) in [6.45, 7) is 7.41. The van der Waals surface area contributed by atoms with Gasteiger partial charge in [0.05, 0.1) is 24.9 Å². The quantitative estimate of drug-likeness (QED) is 0.728. The van der Waals surface area contributed by atoms with Gasteiger partial charge in [0.2, 0.25) is 12.2 Å². The van der Waals surface area contributed by atoms with Crippen LogP contribution in [-0.4, -0.2) is 66.0 Å². The maximum atomic E-state index is 11.4. The molecule has 28 heavy (non-hydrogen) atoms. The molecule has 2 aliphatic rings. The summed E-state index contributed by atoms with van der Waals surface area (Å²) < 4.78 is 29.0. The van der Waals surface area contributed by atoms with E-state index in [1.165, 1.54) is 0 Å². The number of carbonyl (C=O) groups excluding carboxylic acids is 1. The molecule has 2 fully saturated rings. The van der Waals surface area contributed by atoms with Gasteiger partial charge in [-0.15, -0.1) is 5.10 Å². The number of nitrogens with zero attached hydrogens (tertiary/aromatic N) is 2. The van der Waals surface area contributed by atoms with Gasteiger partial charge in [-0.1, -0.05) is 0 Å². The van der Waals surface area contributed by atoms with Crippen molar-refractivity contribution in [3.8, 4) is 5.88 Å². The van der Waals surface area contributed by atoms with Gasteiger partial charge >= 0.3 is 6.16 Å². The molecule has 158 valence electrons. The van der Waals surface area contributed by atoms with Crippen molar-refractivity contribution in [2.45, 2.75) is 71.0 Å². The molecule has 1 aromatic rings. The first-order chi connectivity index (χ1) is 13.5. The van der Waals surface area contributed by atoms with Gasteiger partial charge < -0.3 is 28.8 Å². The van der Waals surface area contributed by atoms with E-state index >= 15 is 0 Å². The molecule has 3 heterocycles. The molecule has 1 aromatic heterocycles. The maximum Gasteiger partial charge on any atom is 0.508 e. The van der Waals surface area contributed by atoms with E-state index in [0.717, 1.165) is 37.3 Å². The lowest BCUT2D eigenvalue weighted by Crippen LogP contribution is -2.41. The Labute approximate surface area is 164 Å². The van der Waals surface area contributed by atoms with Gasteiger partial charge in [-0.05, 0) is 33.6 Å². The molecule has 9 nitrogen and oxygen atoms in total. The first-order valence-electron chi connectivity index (χ1n) is 9.91. The molecule has 0 aromatic carbocycles. The molecule has 0 aliphatic carbocycles. The van der Waals surface area contributed by atoms with E-state index in [4.69, 9.17) is 23.7 Å². The molecular weight excluding hydrogens is 368 g/mol. The smallest absolute Gasteiger partial charge is 0.446 e. The average Bonchev–Trinajstić information content (AvgIpc) is 2.95. The molecule has 1 N–H and O–H groups in total. The molecule has 0 spiro atoms. The lowest BCUT2D eigenvalue weighted by atomic mass is 10.1. The Morgan fingerprint density at radius 3 is 2.71 bits per heavy atom. The van der Waals surface area contributed by atoms with E-state index in [0.29, 0.717) is 24.8 Å². The Bertz CT molecular complexity index is 657. The molecule has 3 atom stereocenters. The normalized spacial score (nSPS) is 26.1. The van der Waals surface area contributed by atoms with Crippen molar-refractivity contribution in [1.29, 1.82) is 0 Å². The topological polar surface area (TPSA) is 101 Å². The van der Waals surface area contributed by atoms with Crippen LogP contribution in [0.1, 0.15) is 49.9 Å². The number of rotatable bonds is 6. The third-order valence-corrected chi connectivity index (χ3v) is 5.18. The predicted octanol–water partition coefficient (Wildman–Crippen LogP) is 2.27. The summed E-state index contributed by atoms with van der Waals surface area (Å²) in [6.07, 6.45) is 0.0825. The molecule has 0 saturated carbocycles. The zero-order chi connectivity index (χ0) is 20.1. The minimum atomic E-state index is -0.745. The fraction of sp³-hybridized carbons (Fsp3) is 0.789. The zero-order valence-electron chi connectivity index (χ0n) is 16.8. The second kappa shape index (κ2) is 9.58. The lowest BCUT2D eigenvalue weighted by Gasteiger charge is -2.32. The number of aliphatic hydroxyl groups excluding tert-OH is 1. The van der Waals surface area contributed by atoms with Crippen molar-refractivity contribution < 1.29 is 33.6 Å². The van der Waals surface area contributed by atoms with Gasteiger partial charge in [-0.2, -0.15) is 0 Å². The molecule has 9 heteroatoms. The van der Waals surface area contributed by atoms with Crippen LogP contribution in [0.5, 0.6) is 5.88 Å². The van der Waals surface area contributed by atoms with Crippen LogP contribution in [-0.2, 0) is 18.9 Å². The van der Waals surface area contributed by atoms with Crippen molar-refractivity contribution in [2.24, 2.45) is 0 Å². The second-order valence-electron chi connectivity index (χ2n) is 7.23. The van der Waals surface area contributed by atoms with E-state index in [1.807, 2.05) is 18.5 Å². The van der Waals surface area contributed by atoms with Crippen molar-refractivity contribution in [1.82, 2.24) is 9.78 Å². The van der Waals surface area contributed by atoms with Gasteiger partial charge in [0.25, 0.3) is 0 Å².